The SMILES string of the molecule is Cc1nn(Cc2ccc(Cl)cc2Cl)c(C)c1NC(=S)Nc1ccccc1. The van der Waals surface area contributed by atoms with E-state index in [9.17, 15) is 0 Å². The highest BCUT2D eigenvalue weighted by atomic mass is 35.5. The van der Waals surface area contributed by atoms with Crippen molar-refractivity contribution in [3.63, 3.8) is 0 Å². The first-order valence-corrected chi connectivity index (χ1v) is 9.21. The molecule has 26 heavy (non-hydrogen) atoms. The van der Waals surface area contributed by atoms with Gasteiger partial charge in [0.05, 0.1) is 23.6 Å². The molecular formula is C19H18Cl2N4S. The summed E-state index contributed by atoms with van der Waals surface area (Å²) >= 11 is 17.7. The van der Waals surface area contributed by atoms with E-state index in [1.165, 1.54) is 0 Å². The summed E-state index contributed by atoms with van der Waals surface area (Å²) < 4.78 is 1.90. The van der Waals surface area contributed by atoms with Gasteiger partial charge in [0, 0.05) is 15.7 Å². The normalized spacial score (nSPS) is 10.6. The van der Waals surface area contributed by atoms with Crippen LogP contribution in [0.2, 0.25) is 10.0 Å². The van der Waals surface area contributed by atoms with E-state index in [1.54, 1.807) is 6.07 Å². The van der Waals surface area contributed by atoms with E-state index >= 15 is 0 Å². The van der Waals surface area contributed by atoms with Crippen LogP contribution in [0.15, 0.2) is 48.5 Å². The number of hydrogen-bond acceptors (Lipinski definition) is 2. The second-order valence-electron chi connectivity index (χ2n) is 5.88. The number of aryl methyl sites for hydroxylation is 1. The van der Waals surface area contributed by atoms with Gasteiger partial charge in [-0.05, 0) is 55.9 Å². The van der Waals surface area contributed by atoms with Crippen molar-refractivity contribution >= 4 is 51.9 Å². The molecule has 2 N–H and O–H groups in total. The zero-order valence-corrected chi connectivity index (χ0v) is 16.7. The maximum atomic E-state index is 6.28. The third-order valence-corrected chi connectivity index (χ3v) is 4.78. The number of para-hydroxylation sites is 1. The molecule has 0 saturated carbocycles. The molecule has 0 aliphatic heterocycles. The fourth-order valence-corrected chi connectivity index (χ4v) is 3.33. The van der Waals surface area contributed by atoms with Crippen molar-refractivity contribution in [2.24, 2.45) is 0 Å². The Morgan fingerprint density at radius 1 is 1.08 bits per heavy atom. The third kappa shape index (κ3) is 4.36. The number of anilines is 2. The molecule has 0 unspecified atom stereocenters. The minimum absolute atomic E-state index is 0.520. The number of aromatic nitrogens is 2. The molecule has 0 fully saturated rings. The van der Waals surface area contributed by atoms with Crippen LogP contribution in [0.5, 0.6) is 0 Å². The van der Waals surface area contributed by atoms with Gasteiger partial charge in [0.1, 0.15) is 0 Å². The van der Waals surface area contributed by atoms with Crippen molar-refractivity contribution in [3.8, 4) is 0 Å². The molecule has 1 heterocycles. The quantitative estimate of drug-likeness (QED) is 0.550. The molecule has 0 spiro atoms. The van der Waals surface area contributed by atoms with Crippen LogP contribution in [-0.2, 0) is 6.54 Å². The number of benzene rings is 2. The fraction of sp³-hybridized carbons (Fsp3) is 0.158. The van der Waals surface area contributed by atoms with Crippen molar-refractivity contribution in [2.45, 2.75) is 20.4 Å². The average molecular weight is 405 g/mol. The number of hydrogen-bond donors (Lipinski definition) is 2. The summed E-state index contributed by atoms with van der Waals surface area (Å²) in [7, 11) is 0. The number of nitrogens with zero attached hydrogens (tertiary/aromatic N) is 2. The first-order valence-electron chi connectivity index (χ1n) is 8.05. The van der Waals surface area contributed by atoms with Crippen LogP contribution in [0.3, 0.4) is 0 Å². The van der Waals surface area contributed by atoms with E-state index in [0.717, 1.165) is 28.3 Å². The summed E-state index contributed by atoms with van der Waals surface area (Å²) in [5, 5.41) is 12.8. The van der Waals surface area contributed by atoms with E-state index in [0.29, 0.717) is 21.7 Å². The molecule has 134 valence electrons. The molecule has 0 saturated heterocycles. The largest absolute Gasteiger partial charge is 0.332 e. The molecule has 3 rings (SSSR count). The van der Waals surface area contributed by atoms with Gasteiger partial charge < -0.3 is 10.6 Å². The molecule has 2 aromatic carbocycles. The van der Waals surface area contributed by atoms with Crippen LogP contribution in [0.4, 0.5) is 11.4 Å². The lowest BCUT2D eigenvalue weighted by atomic mass is 10.2. The van der Waals surface area contributed by atoms with Gasteiger partial charge in [-0.15, -0.1) is 0 Å². The third-order valence-electron chi connectivity index (χ3n) is 3.99. The predicted octanol–water partition coefficient (Wildman–Crippen LogP) is 5.66. The Bertz CT molecular complexity index is 938. The summed E-state index contributed by atoms with van der Waals surface area (Å²) in [5.41, 5.74) is 4.62. The lowest BCUT2D eigenvalue weighted by Gasteiger charge is -2.11. The zero-order chi connectivity index (χ0) is 18.7. The van der Waals surface area contributed by atoms with E-state index < -0.39 is 0 Å². The molecule has 1 aromatic heterocycles. The minimum atomic E-state index is 0.520. The van der Waals surface area contributed by atoms with Crippen molar-refractivity contribution < 1.29 is 0 Å². The smallest absolute Gasteiger partial charge is 0.175 e. The molecule has 0 aliphatic rings. The van der Waals surface area contributed by atoms with Gasteiger partial charge in [-0.25, -0.2) is 0 Å². The highest BCUT2D eigenvalue weighted by Gasteiger charge is 2.14. The van der Waals surface area contributed by atoms with Gasteiger partial charge in [-0.3, -0.25) is 4.68 Å². The van der Waals surface area contributed by atoms with E-state index in [4.69, 9.17) is 35.4 Å². The summed E-state index contributed by atoms with van der Waals surface area (Å²) in [4.78, 5) is 0. The molecular weight excluding hydrogens is 387 g/mol. The molecule has 3 aromatic rings. The molecule has 0 amide bonds. The molecule has 0 bridgehead atoms. The molecule has 0 atom stereocenters. The minimum Gasteiger partial charge on any atom is -0.332 e. The van der Waals surface area contributed by atoms with Gasteiger partial charge >= 0.3 is 0 Å². The van der Waals surface area contributed by atoms with Gasteiger partial charge in [0.2, 0.25) is 0 Å². The topological polar surface area (TPSA) is 41.9 Å². The molecule has 4 nitrogen and oxygen atoms in total. The Morgan fingerprint density at radius 2 is 1.81 bits per heavy atom. The van der Waals surface area contributed by atoms with Gasteiger partial charge in [0.15, 0.2) is 5.11 Å². The first kappa shape index (κ1) is 18.7. The average Bonchev–Trinajstić information content (AvgIpc) is 2.86. The summed E-state index contributed by atoms with van der Waals surface area (Å²) in [6.45, 7) is 4.50. The van der Waals surface area contributed by atoms with E-state index in [1.807, 2.05) is 61.0 Å². The Labute approximate surface area is 168 Å². The van der Waals surface area contributed by atoms with E-state index in [2.05, 4.69) is 15.7 Å². The lowest BCUT2D eigenvalue weighted by molar-refractivity contribution is 0.659. The van der Waals surface area contributed by atoms with Crippen LogP contribution < -0.4 is 10.6 Å². The summed E-state index contributed by atoms with van der Waals surface area (Å²) in [5.74, 6) is 0. The monoisotopic (exact) mass is 404 g/mol. The van der Waals surface area contributed by atoms with Crippen LogP contribution >= 0.6 is 35.4 Å². The van der Waals surface area contributed by atoms with Crippen LogP contribution in [0.25, 0.3) is 0 Å². The van der Waals surface area contributed by atoms with Crippen molar-refractivity contribution in [1.82, 2.24) is 9.78 Å². The standard InChI is InChI=1S/C19H18Cl2N4S/c1-12-18(23-19(26)22-16-6-4-3-5-7-16)13(2)25(24-12)11-14-8-9-15(20)10-17(14)21/h3-10H,11H2,1-2H3,(H2,22,23,26). The molecule has 0 aliphatic carbocycles. The van der Waals surface area contributed by atoms with Crippen molar-refractivity contribution in [3.05, 3.63) is 75.5 Å². The fourth-order valence-electron chi connectivity index (χ4n) is 2.64. The Morgan fingerprint density at radius 3 is 2.50 bits per heavy atom. The number of halogens is 2. The maximum absolute atomic E-state index is 6.28. The summed E-state index contributed by atoms with van der Waals surface area (Å²) in [6, 6.07) is 15.3. The second-order valence-corrected chi connectivity index (χ2v) is 7.14. The van der Waals surface area contributed by atoms with E-state index in [-0.39, 0.29) is 0 Å². The highest BCUT2D eigenvalue weighted by Crippen LogP contribution is 2.25. The predicted molar refractivity (Wildman–Crippen MR) is 114 cm³/mol. The number of nitrogens with one attached hydrogen (secondary N) is 2. The van der Waals surface area contributed by atoms with Crippen molar-refractivity contribution in [1.29, 1.82) is 0 Å². The van der Waals surface area contributed by atoms with Crippen LogP contribution in [-0.4, -0.2) is 14.9 Å². The Kier molecular flexibility index (Phi) is 5.81. The summed E-state index contributed by atoms with van der Waals surface area (Å²) in [6.07, 6.45) is 0. The molecule has 0 radical (unpaired) electrons. The van der Waals surface area contributed by atoms with Gasteiger partial charge in [-0.1, -0.05) is 47.5 Å². The Hall–Kier alpha value is -2.08. The number of rotatable bonds is 4. The van der Waals surface area contributed by atoms with Crippen LogP contribution in [0.1, 0.15) is 17.0 Å². The van der Waals surface area contributed by atoms with Gasteiger partial charge in [0.25, 0.3) is 0 Å². The lowest BCUT2D eigenvalue weighted by Crippen LogP contribution is -2.19. The molecule has 7 heteroatoms. The highest BCUT2D eigenvalue weighted by molar-refractivity contribution is 7.80. The second kappa shape index (κ2) is 8.08. The number of thiocarbonyl (C=S) groups is 1. The zero-order valence-electron chi connectivity index (χ0n) is 14.4. The van der Waals surface area contributed by atoms with Crippen LogP contribution in [0, 0.1) is 13.8 Å². The van der Waals surface area contributed by atoms with Crippen molar-refractivity contribution in [2.75, 3.05) is 10.6 Å². The Balaban J connectivity index is 1.76. The van der Waals surface area contributed by atoms with Gasteiger partial charge in [-0.2, -0.15) is 5.10 Å². The maximum Gasteiger partial charge on any atom is 0.175 e. The first-order chi connectivity index (χ1) is 12.4.